The summed E-state index contributed by atoms with van der Waals surface area (Å²) < 4.78 is 15.7. The molecule has 4 N–H and O–H groups in total. The summed E-state index contributed by atoms with van der Waals surface area (Å²) >= 11 is 6.08. The topological polar surface area (TPSA) is 155 Å². The molecule has 2 unspecified atom stereocenters. The van der Waals surface area contributed by atoms with E-state index in [1.54, 1.807) is 0 Å². The van der Waals surface area contributed by atoms with E-state index in [9.17, 15) is 34.2 Å². The van der Waals surface area contributed by atoms with E-state index in [0.717, 1.165) is 6.07 Å². The van der Waals surface area contributed by atoms with Crippen LogP contribution in [0.4, 0.5) is 4.39 Å². The second-order valence-corrected chi connectivity index (χ2v) is 9.15. The minimum atomic E-state index is -2.90. The summed E-state index contributed by atoms with van der Waals surface area (Å²) in [5, 5.41) is 21.4. The maximum atomic E-state index is 15.7. The van der Waals surface area contributed by atoms with Gasteiger partial charge in [0.2, 0.25) is 5.91 Å². The van der Waals surface area contributed by atoms with Gasteiger partial charge in [-0.2, -0.15) is 0 Å². The fourth-order valence-electron chi connectivity index (χ4n) is 5.56. The van der Waals surface area contributed by atoms with Gasteiger partial charge in [0.1, 0.15) is 11.9 Å². The van der Waals surface area contributed by atoms with E-state index >= 15 is 4.39 Å². The number of carbonyl (C=O) groups is 5. The van der Waals surface area contributed by atoms with Crippen LogP contribution in [-0.4, -0.2) is 69.9 Å². The van der Waals surface area contributed by atoms with Gasteiger partial charge in [0.15, 0.2) is 34.7 Å². The maximum absolute atomic E-state index is 15.7. The molecular formula is C21H20ClFN2O7. The number of benzene rings is 1. The number of rotatable bonds is 2. The lowest BCUT2D eigenvalue weighted by molar-refractivity contribution is -0.183. The summed E-state index contributed by atoms with van der Waals surface area (Å²) in [4.78, 5) is 65.9. The van der Waals surface area contributed by atoms with Crippen LogP contribution in [0.15, 0.2) is 12.1 Å². The number of likely N-dealkylation sites (N-methyl/N-ethyl adjacent to an activating group) is 1. The molecule has 7 atom stereocenters. The average molecular weight is 467 g/mol. The van der Waals surface area contributed by atoms with E-state index in [1.165, 1.54) is 25.1 Å². The summed E-state index contributed by atoms with van der Waals surface area (Å²) in [6, 6.07) is 0.987. The highest BCUT2D eigenvalue weighted by Crippen LogP contribution is 2.55. The lowest BCUT2D eigenvalue weighted by atomic mass is 9.52. The smallest absolute Gasteiger partial charge is 0.235 e. The molecule has 0 radical (unpaired) electrons. The highest BCUT2D eigenvalue weighted by molar-refractivity contribution is 6.34. The molecular weight excluding hydrogens is 447 g/mol. The Bertz CT molecular complexity index is 1110. The van der Waals surface area contributed by atoms with Gasteiger partial charge in [0, 0.05) is 22.4 Å². The molecule has 2 fully saturated rings. The van der Waals surface area contributed by atoms with Crippen LogP contribution >= 0.6 is 11.6 Å². The van der Waals surface area contributed by atoms with Crippen molar-refractivity contribution < 1.29 is 38.6 Å². The number of Topliss-reactive ketones (excluding diaryl/α,β-unsaturated/α-hetero) is 4. The summed E-state index contributed by atoms with van der Waals surface area (Å²) in [7, 11) is 2.88. The quantitative estimate of drug-likeness (QED) is 0.514. The number of primary amides is 1. The number of aliphatic hydroxyl groups is 1. The number of amides is 1. The van der Waals surface area contributed by atoms with Crippen LogP contribution in [-0.2, 0) is 19.2 Å². The number of alkyl halides is 1. The van der Waals surface area contributed by atoms with Gasteiger partial charge in [-0.05, 0) is 32.6 Å². The molecule has 170 valence electrons. The lowest BCUT2D eigenvalue weighted by Crippen LogP contribution is -2.74. The largest absolute Gasteiger partial charge is 0.507 e. The Kier molecular flexibility index (Phi) is 5.03. The van der Waals surface area contributed by atoms with Gasteiger partial charge in [-0.25, -0.2) is 4.39 Å². The van der Waals surface area contributed by atoms with E-state index in [2.05, 4.69) is 0 Å². The van der Waals surface area contributed by atoms with Gasteiger partial charge >= 0.3 is 0 Å². The van der Waals surface area contributed by atoms with Crippen molar-refractivity contribution in [2.24, 2.45) is 29.4 Å². The van der Waals surface area contributed by atoms with Crippen LogP contribution in [0.1, 0.15) is 28.5 Å². The van der Waals surface area contributed by atoms with Crippen molar-refractivity contribution in [2.75, 3.05) is 14.1 Å². The molecule has 3 aliphatic carbocycles. The monoisotopic (exact) mass is 466 g/mol. The molecule has 1 aromatic carbocycles. The molecule has 0 bridgehead atoms. The minimum Gasteiger partial charge on any atom is -0.507 e. The van der Waals surface area contributed by atoms with Crippen LogP contribution < -0.4 is 5.73 Å². The highest BCUT2D eigenvalue weighted by Gasteiger charge is 2.70. The van der Waals surface area contributed by atoms with E-state index in [-0.39, 0.29) is 10.6 Å². The third kappa shape index (κ3) is 2.66. The first-order valence-electron chi connectivity index (χ1n) is 9.85. The molecule has 1 amide bonds. The number of hydrogen-bond donors (Lipinski definition) is 3. The number of carbonyl (C=O) groups excluding carboxylic acids is 5. The Morgan fingerprint density at radius 1 is 1.22 bits per heavy atom. The minimum absolute atomic E-state index is 0.126. The Balaban J connectivity index is 1.93. The van der Waals surface area contributed by atoms with E-state index in [0.29, 0.717) is 0 Å². The van der Waals surface area contributed by atoms with Gasteiger partial charge in [-0.1, -0.05) is 11.6 Å². The Hall–Kier alpha value is -2.69. The molecule has 0 spiro atoms. The molecule has 0 aliphatic heterocycles. The van der Waals surface area contributed by atoms with Crippen molar-refractivity contribution in [1.82, 2.24) is 4.90 Å². The zero-order valence-electron chi connectivity index (χ0n) is 17.0. The zero-order valence-corrected chi connectivity index (χ0v) is 17.8. The van der Waals surface area contributed by atoms with Crippen molar-refractivity contribution >= 4 is 40.6 Å². The van der Waals surface area contributed by atoms with Crippen LogP contribution in [0.5, 0.6) is 5.75 Å². The summed E-state index contributed by atoms with van der Waals surface area (Å²) in [5.41, 5.74) is 1.56. The standard InChI is InChI=1S/C21H20ClFN2O7/c1-25(2)15-7-5-6-10(16(27)12-9(26)4-3-8(22)11(12)14(6)23)18(29)21(7,32)19(30)13(17(15)28)20(24)31/h3-4,6-7,10,13-15,26,32H,5H2,1-2H3,(H2,24,31)/t6-,7-,10?,13?,14-,15-,21-/m0/s1. The molecule has 0 heterocycles. The zero-order chi connectivity index (χ0) is 23.9. The van der Waals surface area contributed by atoms with Gasteiger partial charge in [0.25, 0.3) is 0 Å². The van der Waals surface area contributed by atoms with Crippen LogP contribution in [0, 0.1) is 23.7 Å². The number of aromatic hydroxyl groups is 1. The van der Waals surface area contributed by atoms with Crippen molar-refractivity contribution in [2.45, 2.75) is 24.2 Å². The maximum Gasteiger partial charge on any atom is 0.235 e. The van der Waals surface area contributed by atoms with E-state index in [1.807, 2.05) is 0 Å². The number of phenols is 1. The predicted octanol–water partition coefficient (Wildman–Crippen LogP) is -0.0115. The second-order valence-electron chi connectivity index (χ2n) is 8.75. The molecule has 9 nitrogen and oxygen atoms in total. The van der Waals surface area contributed by atoms with Crippen molar-refractivity contribution in [3.05, 3.63) is 28.3 Å². The first kappa shape index (κ1) is 22.5. The van der Waals surface area contributed by atoms with Gasteiger partial charge in [-0.3, -0.25) is 28.9 Å². The number of nitrogens with two attached hydrogens (primary N) is 1. The number of nitrogens with zero attached hydrogens (tertiary/aromatic N) is 1. The van der Waals surface area contributed by atoms with E-state index < -0.39 is 88.3 Å². The summed E-state index contributed by atoms with van der Waals surface area (Å²) in [5.74, 6) is -13.2. The fraction of sp³-hybridized carbons (Fsp3) is 0.476. The normalized spacial score (nSPS) is 36.6. The average Bonchev–Trinajstić information content (AvgIpc) is 2.69. The first-order valence-corrected chi connectivity index (χ1v) is 10.2. The molecule has 3 aliphatic rings. The number of phenolic OH excluding ortho intramolecular Hbond substituents is 1. The Morgan fingerprint density at radius 3 is 2.41 bits per heavy atom. The third-order valence-electron chi connectivity index (χ3n) is 6.94. The van der Waals surface area contributed by atoms with Crippen molar-refractivity contribution in [3.8, 4) is 5.75 Å². The highest BCUT2D eigenvalue weighted by atomic mass is 35.5. The molecule has 11 heteroatoms. The Morgan fingerprint density at radius 2 is 1.84 bits per heavy atom. The fourth-order valence-corrected chi connectivity index (χ4v) is 5.82. The molecule has 1 aromatic rings. The lowest BCUT2D eigenvalue weighted by Gasteiger charge is -2.53. The van der Waals surface area contributed by atoms with Crippen molar-refractivity contribution in [3.63, 3.8) is 0 Å². The molecule has 0 saturated heterocycles. The summed E-state index contributed by atoms with van der Waals surface area (Å²) in [6.45, 7) is 0. The third-order valence-corrected chi connectivity index (χ3v) is 7.27. The van der Waals surface area contributed by atoms with Gasteiger partial charge < -0.3 is 15.9 Å². The second kappa shape index (κ2) is 7.16. The van der Waals surface area contributed by atoms with Crippen LogP contribution in [0.3, 0.4) is 0 Å². The number of ketones is 4. The van der Waals surface area contributed by atoms with Crippen LogP contribution in [0.2, 0.25) is 5.02 Å². The number of hydrogen-bond acceptors (Lipinski definition) is 8. The Labute approximate surface area is 186 Å². The van der Waals surface area contributed by atoms with Gasteiger partial charge in [0.05, 0.1) is 17.5 Å². The number of halogens is 2. The SMILES string of the molecule is CN(C)[C@@H]1C(=O)C(C(N)=O)C(=O)[C@@]2(O)C(=O)C3C(=O)c4c(O)ccc(Cl)c4[C@@H](F)[C@H]3C[C@@H]12. The summed E-state index contributed by atoms with van der Waals surface area (Å²) in [6.07, 6.45) is -2.38. The van der Waals surface area contributed by atoms with Crippen LogP contribution in [0.25, 0.3) is 0 Å². The van der Waals surface area contributed by atoms with Crippen molar-refractivity contribution in [1.29, 1.82) is 0 Å². The van der Waals surface area contributed by atoms with Gasteiger partial charge in [-0.15, -0.1) is 0 Å². The molecule has 2 saturated carbocycles. The molecule has 4 rings (SSSR count). The first-order chi connectivity index (χ1) is 14.8. The number of fused-ring (bicyclic) bond motifs is 3. The molecule has 32 heavy (non-hydrogen) atoms. The molecule has 0 aromatic heterocycles. The van der Waals surface area contributed by atoms with E-state index in [4.69, 9.17) is 17.3 Å². The predicted molar refractivity (Wildman–Crippen MR) is 107 cm³/mol.